The highest BCUT2D eigenvalue weighted by Crippen LogP contribution is 2.21. The maximum absolute atomic E-state index is 4.39. The monoisotopic (exact) mass is 281 g/mol. The Morgan fingerprint density at radius 3 is 2.71 bits per heavy atom. The van der Waals surface area contributed by atoms with E-state index >= 15 is 0 Å². The second kappa shape index (κ2) is 6.01. The van der Waals surface area contributed by atoms with Gasteiger partial charge in [0.1, 0.15) is 0 Å². The Hall–Kier alpha value is -2.27. The van der Waals surface area contributed by atoms with Gasteiger partial charge in [-0.15, -0.1) is 0 Å². The van der Waals surface area contributed by atoms with Gasteiger partial charge in [-0.2, -0.15) is 5.10 Å². The number of fused-ring (bicyclic) bond motifs is 1. The molecule has 0 radical (unpaired) electrons. The molecule has 0 fully saturated rings. The Morgan fingerprint density at radius 1 is 1.19 bits per heavy atom. The molecular weight excluding hydrogens is 262 g/mol. The fourth-order valence-corrected chi connectivity index (χ4v) is 2.56. The molecule has 108 valence electrons. The van der Waals surface area contributed by atoms with Gasteiger partial charge in [0, 0.05) is 31.7 Å². The average Bonchev–Trinajstić information content (AvgIpc) is 2.91. The van der Waals surface area contributed by atoms with Crippen molar-refractivity contribution < 1.29 is 0 Å². The predicted molar refractivity (Wildman–Crippen MR) is 82.9 cm³/mol. The topological polar surface area (TPSA) is 55.6 Å². The van der Waals surface area contributed by atoms with Crippen LogP contribution in [0.15, 0.2) is 43.0 Å². The van der Waals surface area contributed by atoms with E-state index < -0.39 is 0 Å². The summed E-state index contributed by atoms with van der Waals surface area (Å²) in [5, 5.41) is 7.78. The van der Waals surface area contributed by atoms with E-state index in [9.17, 15) is 0 Å². The lowest BCUT2D eigenvalue weighted by Crippen LogP contribution is -2.22. The first-order chi connectivity index (χ1) is 10.3. The Kier molecular flexibility index (Phi) is 3.92. The fourth-order valence-electron chi connectivity index (χ4n) is 2.56. The highest BCUT2D eigenvalue weighted by Gasteiger charge is 2.13. The van der Waals surface area contributed by atoms with Gasteiger partial charge in [-0.05, 0) is 36.2 Å². The summed E-state index contributed by atoms with van der Waals surface area (Å²) in [6.45, 7) is 3.04. The maximum atomic E-state index is 4.39. The second-order valence-electron chi connectivity index (χ2n) is 5.14. The third-order valence-electron chi connectivity index (χ3n) is 3.54. The van der Waals surface area contributed by atoms with Crippen LogP contribution in [0.4, 0.5) is 0 Å². The fraction of sp³-hybridized carbons (Fsp3) is 0.312. The molecule has 0 amide bonds. The van der Waals surface area contributed by atoms with Gasteiger partial charge in [0.05, 0.1) is 17.2 Å². The van der Waals surface area contributed by atoms with Gasteiger partial charge in [0.15, 0.2) is 0 Å². The van der Waals surface area contributed by atoms with Gasteiger partial charge < -0.3 is 5.32 Å². The van der Waals surface area contributed by atoms with Gasteiger partial charge in [0.2, 0.25) is 0 Å². The molecule has 1 unspecified atom stereocenters. The van der Waals surface area contributed by atoms with E-state index in [1.165, 1.54) is 11.1 Å². The molecule has 2 aromatic heterocycles. The molecule has 1 atom stereocenters. The molecule has 3 rings (SSSR count). The number of benzene rings is 1. The molecule has 0 aliphatic carbocycles. The normalized spacial score (nSPS) is 12.7. The van der Waals surface area contributed by atoms with Crippen LogP contribution in [0.2, 0.25) is 0 Å². The Morgan fingerprint density at radius 2 is 2.00 bits per heavy atom. The molecular formula is C16H19N5. The van der Waals surface area contributed by atoms with Crippen molar-refractivity contribution in [1.29, 1.82) is 0 Å². The Bertz CT molecular complexity index is 734. The third-order valence-corrected chi connectivity index (χ3v) is 3.54. The van der Waals surface area contributed by atoms with Crippen molar-refractivity contribution in [3.05, 3.63) is 54.1 Å². The number of aromatic nitrogens is 4. The largest absolute Gasteiger partial charge is 0.310 e. The lowest BCUT2D eigenvalue weighted by Gasteiger charge is -2.18. The number of nitrogens with one attached hydrogen (secondary N) is 1. The predicted octanol–water partition coefficient (Wildman–Crippen LogP) is 2.26. The molecule has 5 nitrogen and oxygen atoms in total. The van der Waals surface area contributed by atoms with Crippen LogP contribution in [0.1, 0.15) is 24.1 Å². The standard InChI is InChI=1S/C16H19N5/c1-3-17-15(8-12-10-20-21(2)11-12)13-4-5-14-16(9-13)19-7-6-18-14/h4-7,9-11,15,17H,3,8H2,1-2H3. The molecule has 21 heavy (non-hydrogen) atoms. The quantitative estimate of drug-likeness (QED) is 0.779. The van der Waals surface area contributed by atoms with Crippen molar-refractivity contribution in [3.63, 3.8) is 0 Å². The van der Waals surface area contributed by atoms with E-state index in [-0.39, 0.29) is 6.04 Å². The van der Waals surface area contributed by atoms with Gasteiger partial charge >= 0.3 is 0 Å². The molecule has 1 N–H and O–H groups in total. The maximum Gasteiger partial charge on any atom is 0.0890 e. The van der Waals surface area contributed by atoms with Crippen molar-refractivity contribution in [2.45, 2.75) is 19.4 Å². The summed E-state index contributed by atoms with van der Waals surface area (Å²) in [5.74, 6) is 0. The van der Waals surface area contributed by atoms with E-state index in [4.69, 9.17) is 0 Å². The zero-order valence-electron chi connectivity index (χ0n) is 12.3. The SMILES string of the molecule is CCNC(Cc1cnn(C)c1)c1ccc2nccnc2c1. The summed E-state index contributed by atoms with van der Waals surface area (Å²) in [6.07, 6.45) is 8.35. The summed E-state index contributed by atoms with van der Waals surface area (Å²) in [7, 11) is 1.94. The lowest BCUT2D eigenvalue weighted by atomic mass is 10.00. The Labute approximate surface area is 124 Å². The molecule has 2 heterocycles. The zero-order valence-corrected chi connectivity index (χ0v) is 12.3. The molecule has 0 spiro atoms. The number of likely N-dealkylation sites (N-methyl/N-ethyl adjacent to an activating group) is 1. The Balaban J connectivity index is 1.90. The summed E-state index contributed by atoms with van der Waals surface area (Å²) in [5.41, 5.74) is 4.32. The summed E-state index contributed by atoms with van der Waals surface area (Å²) < 4.78 is 1.84. The first-order valence-electron chi connectivity index (χ1n) is 7.18. The summed E-state index contributed by atoms with van der Waals surface area (Å²) in [4.78, 5) is 8.71. The zero-order chi connectivity index (χ0) is 14.7. The van der Waals surface area contributed by atoms with Crippen LogP contribution in [-0.4, -0.2) is 26.3 Å². The highest BCUT2D eigenvalue weighted by atomic mass is 15.2. The van der Waals surface area contributed by atoms with Crippen LogP contribution in [0, 0.1) is 0 Å². The number of rotatable bonds is 5. The van der Waals surface area contributed by atoms with Crippen LogP contribution < -0.4 is 5.32 Å². The summed E-state index contributed by atoms with van der Waals surface area (Å²) in [6, 6.07) is 6.53. The highest BCUT2D eigenvalue weighted by molar-refractivity contribution is 5.74. The second-order valence-corrected chi connectivity index (χ2v) is 5.14. The molecule has 0 bridgehead atoms. The van der Waals surface area contributed by atoms with E-state index in [1.54, 1.807) is 12.4 Å². The van der Waals surface area contributed by atoms with Gasteiger partial charge in [0.25, 0.3) is 0 Å². The van der Waals surface area contributed by atoms with Gasteiger partial charge in [-0.25, -0.2) is 0 Å². The van der Waals surface area contributed by atoms with Crippen molar-refractivity contribution >= 4 is 11.0 Å². The van der Waals surface area contributed by atoms with Crippen LogP contribution in [0.5, 0.6) is 0 Å². The molecule has 0 saturated heterocycles. The van der Waals surface area contributed by atoms with Crippen LogP contribution in [-0.2, 0) is 13.5 Å². The van der Waals surface area contributed by atoms with E-state index in [0.29, 0.717) is 0 Å². The molecule has 3 aromatic rings. The minimum Gasteiger partial charge on any atom is -0.310 e. The molecule has 0 saturated carbocycles. The van der Waals surface area contributed by atoms with Crippen LogP contribution in [0.3, 0.4) is 0 Å². The number of nitrogens with zero attached hydrogens (tertiary/aromatic N) is 4. The van der Waals surface area contributed by atoms with E-state index in [0.717, 1.165) is 24.0 Å². The molecule has 0 aliphatic rings. The average molecular weight is 281 g/mol. The van der Waals surface area contributed by atoms with Crippen molar-refractivity contribution in [1.82, 2.24) is 25.1 Å². The minimum absolute atomic E-state index is 0.255. The van der Waals surface area contributed by atoms with Gasteiger partial charge in [-0.3, -0.25) is 14.6 Å². The molecule has 1 aromatic carbocycles. The smallest absolute Gasteiger partial charge is 0.0890 e. The van der Waals surface area contributed by atoms with Crippen molar-refractivity contribution in [3.8, 4) is 0 Å². The third kappa shape index (κ3) is 3.08. The van der Waals surface area contributed by atoms with Crippen molar-refractivity contribution in [2.75, 3.05) is 6.54 Å². The van der Waals surface area contributed by atoms with Crippen LogP contribution >= 0.6 is 0 Å². The first kappa shape index (κ1) is 13.7. The minimum atomic E-state index is 0.255. The first-order valence-corrected chi connectivity index (χ1v) is 7.18. The number of aryl methyl sites for hydroxylation is 1. The van der Waals surface area contributed by atoms with Crippen molar-refractivity contribution in [2.24, 2.45) is 7.05 Å². The van der Waals surface area contributed by atoms with Crippen LogP contribution in [0.25, 0.3) is 11.0 Å². The van der Waals surface area contributed by atoms with E-state index in [2.05, 4.69) is 45.6 Å². The molecule has 0 aliphatic heterocycles. The summed E-state index contributed by atoms with van der Waals surface area (Å²) >= 11 is 0. The number of hydrogen-bond donors (Lipinski definition) is 1. The van der Waals surface area contributed by atoms with E-state index in [1.807, 2.05) is 24.0 Å². The lowest BCUT2D eigenvalue weighted by molar-refractivity contribution is 0.550. The van der Waals surface area contributed by atoms with Gasteiger partial charge in [-0.1, -0.05) is 13.0 Å². The molecule has 5 heteroatoms. The number of hydrogen-bond acceptors (Lipinski definition) is 4.